The zero-order valence-corrected chi connectivity index (χ0v) is 13.5. The van der Waals surface area contributed by atoms with E-state index in [0.717, 1.165) is 22.9 Å². The van der Waals surface area contributed by atoms with Gasteiger partial charge >= 0.3 is 0 Å². The molecule has 0 aliphatic rings. The van der Waals surface area contributed by atoms with Gasteiger partial charge in [-0.15, -0.1) is 0 Å². The van der Waals surface area contributed by atoms with Crippen molar-refractivity contribution in [3.63, 3.8) is 0 Å². The van der Waals surface area contributed by atoms with E-state index in [2.05, 4.69) is 5.32 Å². The fourth-order valence-electron chi connectivity index (χ4n) is 2.29. The normalized spacial score (nSPS) is 12.0. The molecule has 0 aromatic heterocycles. The SMILES string of the molecule is Cc1ccc(C)c(NC(=O)C[NH2+][C@H](C)c2ccc(F)c(F)c2)c1. The molecule has 2 aromatic rings. The fourth-order valence-corrected chi connectivity index (χ4v) is 2.29. The number of rotatable bonds is 5. The summed E-state index contributed by atoms with van der Waals surface area (Å²) in [6.07, 6.45) is 0. The van der Waals surface area contributed by atoms with E-state index >= 15 is 0 Å². The lowest BCUT2D eigenvalue weighted by Gasteiger charge is -2.12. The average Bonchev–Trinajstić information content (AvgIpc) is 2.51. The molecule has 0 unspecified atom stereocenters. The van der Waals surface area contributed by atoms with Gasteiger partial charge in [0.15, 0.2) is 18.2 Å². The first-order valence-corrected chi connectivity index (χ1v) is 7.52. The van der Waals surface area contributed by atoms with Gasteiger partial charge in [0.05, 0.1) is 0 Å². The van der Waals surface area contributed by atoms with Gasteiger partial charge in [-0.05, 0) is 56.2 Å². The third-order valence-corrected chi connectivity index (χ3v) is 3.79. The van der Waals surface area contributed by atoms with Gasteiger partial charge in [-0.2, -0.15) is 0 Å². The van der Waals surface area contributed by atoms with E-state index in [1.807, 2.05) is 39.0 Å². The predicted octanol–water partition coefficient (Wildman–Crippen LogP) is 2.84. The summed E-state index contributed by atoms with van der Waals surface area (Å²) in [4.78, 5) is 12.1. The number of nitrogens with two attached hydrogens (primary N) is 1. The Morgan fingerprint density at radius 3 is 2.57 bits per heavy atom. The van der Waals surface area contributed by atoms with Crippen LogP contribution in [-0.4, -0.2) is 12.5 Å². The third-order valence-electron chi connectivity index (χ3n) is 3.79. The second kappa shape index (κ2) is 7.33. The van der Waals surface area contributed by atoms with Gasteiger partial charge in [0, 0.05) is 11.3 Å². The highest BCUT2D eigenvalue weighted by molar-refractivity contribution is 5.92. The summed E-state index contributed by atoms with van der Waals surface area (Å²) in [5, 5.41) is 4.66. The lowest BCUT2D eigenvalue weighted by molar-refractivity contribution is -0.682. The maximum Gasteiger partial charge on any atom is 0.279 e. The Bertz CT molecular complexity index is 716. The number of hydrogen-bond acceptors (Lipinski definition) is 1. The van der Waals surface area contributed by atoms with Crippen molar-refractivity contribution >= 4 is 11.6 Å². The Labute approximate surface area is 134 Å². The molecule has 0 aliphatic heterocycles. The summed E-state index contributed by atoms with van der Waals surface area (Å²) in [6.45, 7) is 5.94. The first-order valence-electron chi connectivity index (χ1n) is 7.52. The number of carbonyl (C=O) groups excluding carboxylic acids is 1. The number of carbonyl (C=O) groups is 1. The molecule has 0 saturated heterocycles. The van der Waals surface area contributed by atoms with Gasteiger partial charge in [-0.3, -0.25) is 4.79 Å². The third kappa shape index (κ3) is 4.60. The highest BCUT2D eigenvalue weighted by Crippen LogP contribution is 2.16. The molecule has 0 radical (unpaired) electrons. The van der Waals surface area contributed by atoms with Crippen LogP contribution in [0.1, 0.15) is 29.7 Å². The predicted molar refractivity (Wildman–Crippen MR) is 86.1 cm³/mol. The van der Waals surface area contributed by atoms with Crippen LogP contribution in [0.5, 0.6) is 0 Å². The lowest BCUT2D eigenvalue weighted by Crippen LogP contribution is -2.86. The Kier molecular flexibility index (Phi) is 5.45. The number of halogens is 2. The van der Waals surface area contributed by atoms with Crippen LogP contribution in [0.25, 0.3) is 0 Å². The van der Waals surface area contributed by atoms with Crippen LogP contribution in [0, 0.1) is 25.5 Å². The highest BCUT2D eigenvalue weighted by Gasteiger charge is 2.14. The Hall–Kier alpha value is -2.27. The number of nitrogens with one attached hydrogen (secondary N) is 1. The molecule has 122 valence electrons. The van der Waals surface area contributed by atoms with Crippen molar-refractivity contribution in [1.82, 2.24) is 0 Å². The summed E-state index contributed by atoms with van der Waals surface area (Å²) in [6, 6.07) is 9.52. The Morgan fingerprint density at radius 1 is 1.13 bits per heavy atom. The van der Waals surface area contributed by atoms with Gasteiger partial charge < -0.3 is 10.6 Å². The smallest absolute Gasteiger partial charge is 0.279 e. The van der Waals surface area contributed by atoms with Crippen molar-refractivity contribution in [3.8, 4) is 0 Å². The Morgan fingerprint density at radius 2 is 1.87 bits per heavy atom. The standard InChI is InChI=1S/C18H20F2N2O/c1-11-4-5-12(2)17(8-11)22-18(23)10-21-13(3)14-6-7-15(19)16(20)9-14/h4-9,13,21H,10H2,1-3H3,(H,22,23)/p+1/t13-/m1/s1. The van der Waals surface area contributed by atoms with Crippen LogP contribution in [0.2, 0.25) is 0 Å². The highest BCUT2D eigenvalue weighted by atomic mass is 19.2. The molecular formula is C18H21F2N2O+. The van der Waals surface area contributed by atoms with Crippen LogP contribution < -0.4 is 10.6 Å². The average molecular weight is 319 g/mol. The summed E-state index contributed by atoms with van der Waals surface area (Å²) in [5.74, 6) is -1.87. The number of amides is 1. The van der Waals surface area contributed by atoms with E-state index in [4.69, 9.17) is 0 Å². The fraction of sp³-hybridized carbons (Fsp3) is 0.278. The molecule has 3 N–H and O–H groups in total. The maximum absolute atomic E-state index is 13.2. The van der Waals surface area contributed by atoms with Gasteiger partial charge in [-0.1, -0.05) is 12.1 Å². The molecule has 2 rings (SSSR count). The molecule has 23 heavy (non-hydrogen) atoms. The van der Waals surface area contributed by atoms with Crippen LogP contribution in [-0.2, 0) is 4.79 Å². The molecule has 3 nitrogen and oxygen atoms in total. The molecule has 0 saturated carbocycles. The van der Waals surface area contributed by atoms with E-state index < -0.39 is 11.6 Å². The molecule has 1 amide bonds. The number of quaternary nitrogens is 1. The summed E-state index contributed by atoms with van der Waals surface area (Å²) in [7, 11) is 0. The van der Waals surface area contributed by atoms with E-state index in [1.165, 1.54) is 12.1 Å². The molecule has 0 fully saturated rings. The second-order valence-electron chi connectivity index (χ2n) is 5.77. The number of anilines is 1. The molecule has 2 aromatic carbocycles. The van der Waals surface area contributed by atoms with E-state index in [-0.39, 0.29) is 18.5 Å². The van der Waals surface area contributed by atoms with Gasteiger partial charge in [-0.25, -0.2) is 8.78 Å². The van der Waals surface area contributed by atoms with Crippen molar-refractivity contribution in [1.29, 1.82) is 0 Å². The molecule has 0 spiro atoms. The second-order valence-corrected chi connectivity index (χ2v) is 5.77. The van der Waals surface area contributed by atoms with Gasteiger partial charge in [0.1, 0.15) is 6.04 Å². The molecule has 0 aliphatic carbocycles. The lowest BCUT2D eigenvalue weighted by atomic mass is 10.1. The summed E-state index contributed by atoms with van der Waals surface area (Å²) < 4.78 is 26.2. The molecule has 0 heterocycles. The minimum atomic E-state index is -0.873. The number of aryl methyl sites for hydroxylation is 2. The largest absolute Gasteiger partial charge is 0.333 e. The minimum Gasteiger partial charge on any atom is -0.333 e. The quantitative estimate of drug-likeness (QED) is 0.874. The Balaban J connectivity index is 1.93. The van der Waals surface area contributed by atoms with Crippen molar-refractivity contribution in [2.75, 3.05) is 11.9 Å². The first-order chi connectivity index (χ1) is 10.9. The summed E-state index contributed by atoms with van der Waals surface area (Å²) in [5.41, 5.74) is 3.51. The van der Waals surface area contributed by atoms with E-state index in [1.54, 1.807) is 5.32 Å². The molecule has 0 bridgehead atoms. The van der Waals surface area contributed by atoms with Crippen molar-refractivity contribution in [3.05, 3.63) is 64.7 Å². The van der Waals surface area contributed by atoms with Gasteiger partial charge in [0.2, 0.25) is 0 Å². The van der Waals surface area contributed by atoms with Crippen LogP contribution in [0.15, 0.2) is 36.4 Å². The minimum absolute atomic E-state index is 0.131. The van der Waals surface area contributed by atoms with Crippen molar-refractivity contribution in [2.45, 2.75) is 26.8 Å². The van der Waals surface area contributed by atoms with Gasteiger partial charge in [0.25, 0.3) is 5.91 Å². The van der Waals surface area contributed by atoms with Crippen molar-refractivity contribution < 1.29 is 18.9 Å². The van der Waals surface area contributed by atoms with Crippen LogP contribution >= 0.6 is 0 Å². The zero-order valence-electron chi connectivity index (χ0n) is 13.5. The van der Waals surface area contributed by atoms with Crippen LogP contribution in [0.3, 0.4) is 0 Å². The monoisotopic (exact) mass is 319 g/mol. The van der Waals surface area contributed by atoms with E-state index in [9.17, 15) is 13.6 Å². The van der Waals surface area contributed by atoms with E-state index in [0.29, 0.717) is 5.56 Å². The molecule has 1 atom stereocenters. The number of benzene rings is 2. The molecular weight excluding hydrogens is 298 g/mol. The number of hydrogen-bond donors (Lipinski definition) is 2. The van der Waals surface area contributed by atoms with Crippen molar-refractivity contribution in [2.24, 2.45) is 0 Å². The maximum atomic E-state index is 13.2. The topological polar surface area (TPSA) is 45.7 Å². The summed E-state index contributed by atoms with van der Waals surface area (Å²) >= 11 is 0. The first kappa shape index (κ1) is 17.1. The zero-order chi connectivity index (χ0) is 17.0. The van der Waals surface area contributed by atoms with Crippen LogP contribution in [0.4, 0.5) is 14.5 Å². The molecule has 5 heteroatoms.